The summed E-state index contributed by atoms with van der Waals surface area (Å²) in [6, 6.07) is 17.5. The fourth-order valence-corrected chi connectivity index (χ4v) is 4.40. The van der Waals surface area contributed by atoms with Crippen molar-refractivity contribution >= 4 is 15.9 Å². The molecule has 1 atom stereocenters. The smallest absolute Gasteiger partial charge is 0.253 e. The van der Waals surface area contributed by atoms with Crippen LogP contribution >= 0.6 is 0 Å². The first-order chi connectivity index (χ1) is 14.5. The number of amides is 1. The highest BCUT2D eigenvalue weighted by molar-refractivity contribution is 7.89. The van der Waals surface area contributed by atoms with Crippen LogP contribution in [0.25, 0.3) is 0 Å². The van der Waals surface area contributed by atoms with Gasteiger partial charge in [0.15, 0.2) is 0 Å². The molecule has 1 fully saturated rings. The number of nitriles is 1. The number of nitrogens with zero attached hydrogens (tertiary/aromatic N) is 3. The number of rotatable bonds is 7. The summed E-state index contributed by atoms with van der Waals surface area (Å²) in [6.45, 7) is 5.82. The van der Waals surface area contributed by atoms with Crippen LogP contribution in [-0.4, -0.2) is 56.8 Å². The summed E-state index contributed by atoms with van der Waals surface area (Å²) >= 11 is 0. The van der Waals surface area contributed by atoms with Crippen LogP contribution in [-0.2, 0) is 10.0 Å². The third-order valence-electron chi connectivity index (χ3n) is 5.03. The molecule has 7 nitrogen and oxygen atoms in total. The van der Waals surface area contributed by atoms with Crippen LogP contribution in [0.15, 0.2) is 72.1 Å². The van der Waals surface area contributed by atoms with Crippen molar-refractivity contribution in [2.45, 2.75) is 10.9 Å². The summed E-state index contributed by atoms with van der Waals surface area (Å²) < 4.78 is 26.7. The maximum Gasteiger partial charge on any atom is 0.253 e. The van der Waals surface area contributed by atoms with Crippen LogP contribution in [0.1, 0.15) is 22.0 Å². The van der Waals surface area contributed by atoms with Gasteiger partial charge >= 0.3 is 0 Å². The first kappa shape index (κ1) is 21.7. The SMILES string of the molecule is C=CCNS(=O)(=O)c1ccc(C(=O)N2CCN(C(C#N)c3ccccc3)CC2)cc1. The molecule has 1 unspecified atom stereocenters. The Bertz CT molecular complexity index is 1020. The molecule has 156 valence electrons. The molecule has 1 amide bonds. The first-order valence-electron chi connectivity index (χ1n) is 9.65. The maximum atomic E-state index is 12.8. The molecule has 0 aliphatic carbocycles. The molecule has 8 heteroatoms. The van der Waals surface area contributed by atoms with Crippen LogP contribution < -0.4 is 4.72 Å². The Balaban J connectivity index is 1.63. The van der Waals surface area contributed by atoms with E-state index in [0.29, 0.717) is 31.7 Å². The third-order valence-corrected chi connectivity index (χ3v) is 6.47. The summed E-state index contributed by atoms with van der Waals surface area (Å²) in [6.07, 6.45) is 1.46. The molecule has 1 aliphatic rings. The molecule has 0 radical (unpaired) electrons. The van der Waals surface area contributed by atoms with Crippen molar-refractivity contribution in [1.82, 2.24) is 14.5 Å². The van der Waals surface area contributed by atoms with Gasteiger partial charge in [-0.3, -0.25) is 9.69 Å². The van der Waals surface area contributed by atoms with Gasteiger partial charge < -0.3 is 4.90 Å². The van der Waals surface area contributed by atoms with Crippen molar-refractivity contribution in [2.24, 2.45) is 0 Å². The number of sulfonamides is 1. The van der Waals surface area contributed by atoms with Crippen LogP contribution in [0.3, 0.4) is 0 Å². The standard InChI is InChI=1S/C22H24N4O3S/c1-2-12-24-30(28,29)20-10-8-19(9-11-20)22(27)26-15-13-25(14-16-26)21(17-23)18-6-4-3-5-7-18/h2-11,21,24H,1,12-16H2. The van der Waals surface area contributed by atoms with E-state index in [4.69, 9.17) is 0 Å². The minimum absolute atomic E-state index is 0.102. The van der Waals surface area contributed by atoms with E-state index in [2.05, 4.69) is 22.3 Å². The molecule has 2 aromatic carbocycles. The van der Waals surface area contributed by atoms with Crippen molar-refractivity contribution in [2.75, 3.05) is 32.7 Å². The number of benzene rings is 2. The van der Waals surface area contributed by atoms with E-state index in [1.165, 1.54) is 30.3 Å². The Labute approximate surface area is 177 Å². The Morgan fingerprint density at radius 2 is 1.73 bits per heavy atom. The van der Waals surface area contributed by atoms with E-state index in [0.717, 1.165) is 5.56 Å². The zero-order chi connectivity index (χ0) is 21.6. The van der Waals surface area contributed by atoms with E-state index in [-0.39, 0.29) is 23.4 Å². The van der Waals surface area contributed by atoms with Gasteiger partial charge in [0, 0.05) is 38.3 Å². The number of carbonyl (C=O) groups excluding carboxylic acids is 1. The molecule has 1 aliphatic heterocycles. The van der Waals surface area contributed by atoms with Gasteiger partial charge in [0.1, 0.15) is 6.04 Å². The lowest BCUT2D eigenvalue weighted by atomic mass is 10.1. The van der Waals surface area contributed by atoms with Crippen LogP contribution in [0.2, 0.25) is 0 Å². The van der Waals surface area contributed by atoms with Crippen LogP contribution in [0.5, 0.6) is 0 Å². The molecule has 0 saturated carbocycles. The van der Waals surface area contributed by atoms with E-state index in [1.807, 2.05) is 30.3 Å². The Morgan fingerprint density at radius 3 is 2.30 bits per heavy atom. The van der Waals surface area contributed by atoms with E-state index < -0.39 is 10.0 Å². The van der Waals surface area contributed by atoms with Crippen molar-refractivity contribution in [3.8, 4) is 6.07 Å². The highest BCUT2D eigenvalue weighted by atomic mass is 32.2. The summed E-state index contributed by atoms with van der Waals surface area (Å²) in [5.74, 6) is -0.147. The number of hydrogen-bond acceptors (Lipinski definition) is 5. The van der Waals surface area contributed by atoms with Crippen LogP contribution in [0, 0.1) is 11.3 Å². The van der Waals surface area contributed by atoms with Gasteiger partial charge in [-0.15, -0.1) is 6.58 Å². The largest absolute Gasteiger partial charge is 0.336 e. The van der Waals surface area contributed by atoms with Crippen LogP contribution in [0.4, 0.5) is 0 Å². The van der Waals surface area contributed by atoms with Gasteiger partial charge in [-0.1, -0.05) is 36.4 Å². The van der Waals surface area contributed by atoms with Gasteiger partial charge in [-0.25, -0.2) is 13.1 Å². The number of nitrogens with one attached hydrogen (secondary N) is 1. The van der Waals surface area contributed by atoms with Gasteiger partial charge in [0.2, 0.25) is 10.0 Å². The second-order valence-electron chi connectivity index (χ2n) is 6.94. The zero-order valence-electron chi connectivity index (χ0n) is 16.6. The molecular formula is C22H24N4O3S. The molecule has 1 heterocycles. The van der Waals surface area contributed by atoms with Crippen molar-refractivity contribution in [3.05, 3.63) is 78.4 Å². The van der Waals surface area contributed by atoms with Gasteiger partial charge in [0.05, 0.1) is 11.0 Å². The lowest BCUT2D eigenvalue weighted by molar-refractivity contribution is 0.0606. The van der Waals surface area contributed by atoms with Crippen molar-refractivity contribution in [1.29, 1.82) is 5.26 Å². The van der Waals surface area contributed by atoms with Gasteiger partial charge in [-0.2, -0.15) is 5.26 Å². The second-order valence-corrected chi connectivity index (χ2v) is 8.70. The average Bonchev–Trinajstić information content (AvgIpc) is 2.79. The predicted octanol–water partition coefficient (Wildman–Crippen LogP) is 2.17. The van der Waals surface area contributed by atoms with Gasteiger partial charge in [0.25, 0.3) is 5.91 Å². The lowest BCUT2D eigenvalue weighted by Gasteiger charge is -2.37. The first-order valence-corrected chi connectivity index (χ1v) is 11.1. The van der Waals surface area contributed by atoms with E-state index in [1.54, 1.807) is 4.90 Å². The maximum absolute atomic E-state index is 12.8. The van der Waals surface area contributed by atoms with Crippen molar-refractivity contribution in [3.63, 3.8) is 0 Å². The van der Waals surface area contributed by atoms with E-state index in [9.17, 15) is 18.5 Å². The normalized spacial score (nSPS) is 15.9. The molecule has 1 N–H and O–H groups in total. The summed E-state index contributed by atoms with van der Waals surface area (Å²) in [5.41, 5.74) is 1.38. The molecule has 1 saturated heterocycles. The molecule has 2 aromatic rings. The zero-order valence-corrected chi connectivity index (χ0v) is 17.4. The van der Waals surface area contributed by atoms with Crippen molar-refractivity contribution < 1.29 is 13.2 Å². The third kappa shape index (κ3) is 4.94. The predicted molar refractivity (Wildman–Crippen MR) is 114 cm³/mol. The molecule has 0 spiro atoms. The summed E-state index contributed by atoms with van der Waals surface area (Å²) in [5, 5.41) is 9.60. The molecular weight excluding hydrogens is 400 g/mol. The van der Waals surface area contributed by atoms with Gasteiger partial charge in [-0.05, 0) is 29.8 Å². The molecule has 30 heavy (non-hydrogen) atoms. The quantitative estimate of drug-likeness (QED) is 0.688. The topological polar surface area (TPSA) is 93.5 Å². The Morgan fingerprint density at radius 1 is 1.10 bits per heavy atom. The highest BCUT2D eigenvalue weighted by Gasteiger charge is 2.27. The Kier molecular flexibility index (Phi) is 7.00. The molecule has 0 aromatic heterocycles. The lowest BCUT2D eigenvalue weighted by Crippen LogP contribution is -2.49. The minimum atomic E-state index is -3.62. The fraction of sp³-hybridized carbons (Fsp3) is 0.273. The second kappa shape index (κ2) is 9.67. The molecule has 3 rings (SSSR count). The minimum Gasteiger partial charge on any atom is -0.336 e. The van der Waals surface area contributed by atoms with E-state index >= 15 is 0 Å². The highest BCUT2D eigenvalue weighted by Crippen LogP contribution is 2.22. The average molecular weight is 425 g/mol. The monoisotopic (exact) mass is 424 g/mol. The molecule has 0 bridgehead atoms. The Hall–Kier alpha value is -2.99. The number of piperazine rings is 1. The number of carbonyl (C=O) groups is 1. The summed E-state index contributed by atoms with van der Waals surface area (Å²) in [4.78, 5) is 16.7. The number of hydrogen-bond donors (Lipinski definition) is 1. The fourth-order valence-electron chi connectivity index (χ4n) is 3.40. The summed E-state index contributed by atoms with van der Waals surface area (Å²) in [7, 11) is -3.62.